The molecule has 3 aromatic carbocycles. The summed E-state index contributed by atoms with van der Waals surface area (Å²) in [7, 11) is 4.88. The Hall–Kier alpha value is -6.42. The molecule has 246 valence electrons. The Morgan fingerprint density at radius 3 is 1.45 bits per heavy atom. The number of carbonyl (C=O) groups is 2. The van der Waals surface area contributed by atoms with Gasteiger partial charge in [0.25, 0.3) is 11.8 Å². The van der Waals surface area contributed by atoms with Crippen LogP contribution in [0.1, 0.15) is 32.1 Å². The van der Waals surface area contributed by atoms with E-state index in [2.05, 4.69) is 9.97 Å². The van der Waals surface area contributed by atoms with E-state index in [0.29, 0.717) is 22.8 Å². The van der Waals surface area contributed by atoms with E-state index < -0.39 is 11.8 Å². The molecular weight excluding hydrogens is 618 g/mol. The molecule has 0 aliphatic rings. The van der Waals surface area contributed by atoms with Crippen molar-refractivity contribution in [2.75, 3.05) is 31.0 Å². The Morgan fingerprint density at radius 2 is 1.06 bits per heavy atom. The molecule has 2 amide bonds. The molecule has 10 heteroatoms. The van der Waals surface area contributed by atoms with Gasteiger partial charge in [0.1, 0.15) is 19.0 Å². The van der Waals surface area contributed by atoms with Crippen molar-refractivity contribution in [2.45, 2.75) is 13.2 Å². The van der Waals surface area contributed by atoms with Crippen LogP contribution in [0.3, 0.4) is 0 Å². The van der Waals surface area contributed by atoms with Crippen LogP contribution in [0.2, 0.25) is 0 Å². The molecule has 0 fully saturated rings. The molecule has 0 spiro atoms. The number of amides is 2. The van der Waals surface area contributed by atoms with E-state index in [1.165, 1.54) is 9.80 Å². The molecule has 0 aliphatic heterocycles. The van der Waals surface area contributed by atoms with Gasteiger partial charge >= 0.3 is 0 Å². The molecule has 49 heavy (non-hydrogen) atoms. The number of rotatable bonds is 12. The van der Waals surface area contributed by atoms with Crippen LogP contribution in [-0.4, -0.2) is 47.6 Å². The van der Waals surface area contributed by atoms with Crippen LogP contribution < -0.4 is 24.0 Å². The summed E-state index contributed by atoms with van der Waals surface area (Å²) >= 11 is 0. The summed E-state index contributed by atoms with van der Waals surface area (Å²) in [5, 5.41) is 0. The van der Waals surface area contributed by atoms with Crippen molar-refractivity contribution in [3.63, 3.8) is 0 Å². The maximum absolute atomic E-state index is 14.8. The van der Waals surface area contributed by atoms with E-state index in [-0.39, 0.29) is 36.1 Å². The van der Waals surface area contributed by atoms with Gasteiger partial charge in [-0.05, 0) is 59.7 Å². The Kier molecular flexibility index (Phi) is 9.95. The number of anilines is 2. The van der Waals surface area contributed by atoms with Gasteiger partial charge in [0.05, 0.1) is 30.9 Å². The maximum Gasteiger partial charge on any atom is 0.279 e. The van der Waals surface area contributed by atoms with Gasteiger partial charge in [-0.2, -0.15) is 0 Å². The molecule has 0 saturated carbocycles. The van der Waals surface area contributed by atoms with Gasteiger partial charge in [0.15, 0.2) is 22.9 Å². The number of methoxy groups -OCH3 is 1. The molecule has 0 unspecified atom stereocenters. The average molecular weight is 654 g/mol. The molecule has 0 radical (unpaired) electrons. The molecule has 10 nitrogen and oxygen atoms in total. The van der Waals surface area contributed by atoms with Gasteiger partial charge < -0.3 is 24.0 Å². The largest absolute Gasteiger partial charge is 0.497 e. The first kappa shape index (κ1) is 32.5. The molecule has 3 aromatic heterocycles. The van der Waals surface area contributed by atoms with E-state index in [0.717, 1.165) is 11.1 Å². The van der Waals surface area contributed by atoms with Gasteiger partial charge in [0, 0.05) is 32.2 Å². The topological polar surface area (TPSA) is 99.0 Å². The fourth-order valence-electron chi connectivity index (χ4n) is 5.29. The molecule has 0 bridgehead atoms. The van der Waals surface area contributed by atoms with Crippen molar-refractivity contribution >= 4 is 23.2 Å². The second-order valence-electron chi connectivity index (χ2n) is 11.1. The van der Waals surface area contributed by atoms with Crippen molar-refractivity contribution in [1.82, 2.24) is 14.5 Å². The normalized spacial score (nSPS) is 10.7. The van der Waals surface area contributed by atoms with E-state index in [1.807, 2.05) is 60.7 Å². The second-order valence-corrected chi connectivity index (χ2v) is 11.1. The second kappa shape index (κ2) is 15.0. The lowest BCUT2D eigenvalue weighted by Crippen LogP contribution is -2.31. The minimum Gasteiger partial charge on any atom is -0.497 e. The third-order valence-corrected chi connectivity index (χ3v) is 7.95. The summed E-state index contributed by atoms with van der Waals surface area (Å²) in [6.07, 6.45) is 6.46. The zero-order chi connectivity index (χ0) is 34.2. The smallest absolute Gasteiger partial charge is 0.279 e. The molecular formula is C39H35N5O5. The highest BCUT2D eigenvalue weighted by Gasteiger charge is 2.37. The number of nitrogens with zero attached hydrogens (tertiary/aromatic N) is 5. The Labute approximate surface area is 284 Å². The fourth-order valence-corrected chi connectivity index (χ4v) is 5.29. The number of hydrogen-bond donors (Lipinski definition) is 0. The first-order valence-corrected chi connectivity index (χ1v) is 15.6. The molecule has 6 rings (SSSR count). The molecule has 6 aromatic rings. The van der Waals surface area contributed by atoms with Crippen LogP contribution in [0.5, 0.6) is 17.2 Å². The molecule has 0 saturated heterocycles. The quantitative estimate of drug-likeness (QED) is 0.140. The predicted molar refractivity (Wildman–Crippen MR) is 188 cm³/mol. The molecule has 0 aliphatic carbocycles. The van der Waals surface area contributed by atoms with Crippen LogP contribution in [-0.2, 0) is 13.2 Å². The first-order valence-electron chi connectivity index (χ1n) is 15.6. The zero-order valence-electron chi connectivity index (χ0n) is 27.4. The minimum absolute atomic E-state index is 0.0958. The van der Waals surface area contributed by atoms with Gasteiger partial charge in [-0.15, -0.1) is 0 Å². The van der Waals surface area contributed by atoms with E-state index in [1.54, 1.807) is 99.1 Å². The highest BCUT2D eigenvalue weighted by Crippen LogP contribution is 2.43. The fraction of sp³-hybridized carbons (Fsp3) is 0.128. The summed E-state index contributed by atoms with van der Waals surface area (Å²) < 4.78 is 20.1. The lowest BCUT2D eigenvalue weighted by atomic mass is 10.2. The Balaban J connectivity index is 1.62. The first-order chi connectivity index (χ1) is 24.0. The summed E-state index contributed by atoms with van der Waals surface area (Å²) in [6, 6.07) is 33.3. The maximum atomic E-state index is 14.8. The standard InChI is InChI=1S/C39H35N5O5/c1-42(31-16-10-22-40-24-31)38(45)34-36(48-26-28-12-6-4-7-13-28)37(49-27-29-14-8-5-9-15-29)35(39(46)43(2)32-17-11-23-41-25-32)44(34)30-18-20-33(47-3)21-19-30/h4-25H,26-27H2,1-3H3. The van der Waals surface area contributed by atoms with E-state index in [9.17, 15) is 9.59 Å². The average Bonchev–Trinajstić information content (AvgIpc) is 3.50. The SMILES string of the molecule is COc1ccc(-n2c(C(=O)N(C)c3cccnc3)c(OCc3ccccc3)c(OCc3ccccc3)c2C(=O)N(C)c2cccnc2)cc1. The van der Waals surface area contributed by atoms with Gasteiger partial charge in [-0.3, -0.25) is 24.1 Å². The Morgan fingerprint density at radius 1 is 0.612 bits per heavy atom. The van der Waals surface area contributed by atoms with Crippen molar-refractivity contribution in [3.8, 4) is 22.9 Å². The van der Waals surface area contributed by atoms with Crippen LogP contribution in [0, 0.1) is 0 Å². The summed E-state index contributed by atoms with van der Waals surface area (Å²) in [5.74, 6) is -0.0321. The lowest BCUT2D eigenvalue weighted by Gasteiger charge is -2.21. The molecule has 0 atom stereocenters. The number of pyridine rings is 2. The van der Waals surface area contributed by atoms with Crippen molar-refractivity contribution in [2.24, 2.45) is 0 Å². The lowest BCUT2D eigenvalue weighted by molar-refractivity contribution is 0.0980. The molecule has 3 heterocycles. The van der Waals surface area contributed by atoms with Crippen molar-refractivity contribution < 1.29 is 23.8 Å². The third-order valence-electron chi connectivity index (χ3n) is 7.95. The van der Waals surface area contributed by atoms with Gasteiger partial charge in [0.2, 0.25) is 0 Å². The van der Waals surface area contributed by atoms with E-state index in [4.69, 9.17) is 14.2 Å². The molecule has 0 N–H and O–H groups in total. The zero-order valence-corrected chi connectivity index (χ0v) is 27.4. The highest BCUT2D eigenvalue weighted by atomic mass is 16.5. The monoisotopic (exact) mass is 653 g/mol. The highest BCUT2D eigenvalue weighted by molar-refractivity contribution is 6.13. The van der Waals surface area contributed by atoms with Gasteiger partial charge in [-0.25, -0.2) is 0 Å². The number of hydrogen-bond acceptors (Lipinski definition) is 7. The number of ether oxygens (including phenoxy) is 3. The van der Waals surface area contributed by atoms with Crippen LogP contribution >= 0.6 is 0 Å². The number of aromatic nitrogens is 3. The van der Waals surface area contributed by atoms with Crippen LogP contribution in [0.15, 0.2) is 134 Å². The van der Waals surface area contributed by atoms with Crippen molar-refractivity contribution in [3.05, 3.63) is 156 Å². The number of carbonyl (C=O) groups excluding carboxylic acids is 2. The predicted octanol–water partition coefficient (Wildman–Crippen LogP) is 6.99. The summed E-state index contributed by atoms with van der Waals surface area (Å²) in [6.45, 7) is 0.219. The van der Waals surface area contributed by atoms with Gasteiger partial charge in [-0.1, -0.05) is 60.7 Å². The van der Waals surface area contributed by atoms with Crippen LogP contribution in [0.25, 0.3) is 5.69 Å². The summed E-state index contributed by atoms with van der Waals surface area (Å²) in [4.78, 5) is 40.9. The number of benzene rings is 3. The summed E-state index contributed by atoms with van der Waals surface area (Å²) in [5.41, 5.74) is 3.55. The Bertz CT molecular complexity index is 1880. The third kappa shape index (κ3) is 7.13. The van der Waals surface area contributed by atoms with Crippen molar-refractivity contribution in [1.29, 1.82) is 0 Å². The van der Waals surface area contributed by atoms with E-state index >= 15 is 0 Å². The minimum atomic E-state index is -0.445. The van der Waals surface area contributed by atoms with Crippen LogP contribution in [0.4, 0.5) is 11.4 Å².